The lowest BCUT2D eigenvalue weighted by Crippen LogP contribution is -2.29. The minimum Gasteiger partial charge on any atom is -0.497 e. The largest absolute Gasteiger partial charge is 0.497 e. The summed E-state index contributed by atoms with van der Waals surface area (Å²) in [6.07, 6.45) is -1.25. The zero-order valence-electron chi connectivity index (χ0n) is 11.0. The number of aliphatic hydroxyl groups is 1. The summed E-state index contributed by atoms with van der Waals surface area (Å²) in [5.41, 5.74) is 0.585. The van der Waals surface area contributed by atoms with Crippen molar-refractivity contribution in [3.8, 4) is 11.5 Å². The van der Waals surface area contributed by atoms with Gasteiger partial charge in [0.1, 0.15) is 24.2 Å². The van der Waals surface area contributed by atoms with E-state index in [1.807, 2.05) is 0 Å². The zero-order chi connectivity index (χ0) is 13.8. The van der Waals surface area contributed by atoms with Gasteiger partial charge in [0, 0.05) is 5.56 Å². The predicted molar refractivity (Wildman–Crippen MR) is 67.4 cm³/mol. The molecule has 1 aromatic rings. The van der Waals surface area contributed by atoms with Crippen LogP contribution in [0.15, 0.2) is 18.2 Å². The monoisotopic (exact) mass is 267 g/mol. The molecule has 19 heavy (non-hydrogen) atoms. The molecule has 1 aliphatic rings. The minimum atomic E-state index is -0.851. The van der Waals surface area contributed by atoms with Gasteiger partial charge < -0.3 is 24.2 Å². The van der Waals surface area contributed by atoms with Crippen molar-refractivity contribution in [3.05, 3.63) is 23.8 Å². The highest BCUT2D eigenvalue weighted by molar-refractivity contribution is 5.69. The van der Waals surface area contributed by atoms with Crippen LogP contribution >= 0.6 is 0 Å². The lowest BCUT2D eigenvalue weighted by Gasteiger charge is -2.20. The van der Waals surface area contributed by atoms with E-state index in [2.05, 4.69) is 0 Å². The minimum absolute atomic E-state index is 0.169. The second-order valence-electron chi connectivity index (χ2n) is 4.18. The molecule has 0 aliphatic carbocycles. The Kier molecular flexibility index (Phi) is 4.11. The Hall–Kier alpha value is -1.95. The van der Waals surface area contributed by atoms with E-state index < -0.39 is 12.2 Å². The van der Waals surface area contributed by atoms with Crippen molar-refractivity contribution in [1.82, 2.24) is 4.90 Å². The van der Waals surface area contributed by atoms with E-state index in [1.54, 1.807) is 25.3 Å². The van der Waals surface area contributed by atoms with Gasteiger partial charge in [-0.05, 0) is 18.2 Å². The van der Waals surface area contributed by atoms with Crippen LogP contribution in [0.5, 0.6) is 11.5 Å². The summed E-state index contributed by atoms with van der Waals surface area (Å²) < 4.78 is 15.2. The lowest BCUT2D eigenvalue weighted by atomic mass is 10.1. The topological polar surface area (TPSA) is 68.2 Å². The van der Waals surface area contributed by atoms with Crippen LogP contribution in [0.3, 0.4) is 0 Å². The number of methoxy groups -OCH3 is 2. The van der Waals surface area contributed by atoms with Gasteiger partial charge in [-0.1, -0.05) is 0 Å². The highest BCUT2D eigenvalue weighted by Crippen LogP contribution is 2.30. The maximum absolute atomic E-state index is 11.4. The third-order valence-corrected chi connectivity index (χ3v) is 3.03. The highest BCUT2D eigenvalue weighted by atomic mass is 16.6. The summed E-state index contributed by atoms with van der Waals surface area (Å²) >= 11 is 0. The summed E-state index contributed by atoms with van der Waals surface area (Å²) in [6.45, 7) is 1.02. The quantitative estimate of drug-likeness (QED) is 0.868. The first-order chi connectivity index (χ1) is 9.15. The molecule has 0 aromatic heterocycles. The van der Waals surface area contributed by atoms with E-state index in [4.69, 9.17) is 14.2 Å². The number of carbonyl (C=O) groups is 1. The molecule has 1 fully saturated rings. The van der Waals surface area contributed by atoms with E-state index >= 15 is 0 Å². The molecule has 1 atom stereocenters. The molecule has 6 heteroatoms. The number of aliphatic hydroxyl groups excluding tert-OH is 1. The first kappa shape index (κ1) is 13.5. The van der Waals surface area contributed by atoms with Crippen LogP contribution in [-0.4, -0.2) is 50.0 Å². The van der Waals surface area contributed by atoms with E-state index in [1.165, 1.54) is 12.0 Å². The molecule has 104 valence electrons. The number of hydrogen-bond donors (Lipinski definition) is 1. The molecule has 0 bridgehead atoms. The Bertz CT molecular complexity index is 462. The van der Waals surface area contributed by atoms with Crippen molar-refractivity contribution in [3.63, 3.8) is 0 Å². The number of carbonyl (C=O) groups excluding carboxylic acids is 1. The third-order valence-electron chi connectivity index (χ3n) is 3.03. The summed E-state index contributed by atoms with van der Waals surface area (Å²) in [4.78, 5) is 12.8. The first-order valence-corrected chi connectivity index (χ1v) is 5.97. The second-order valence-corrected chi connectivity index (χ2v) is 4.18. The number of rotatable bonds is 5. The van der Waals surface area contributed by atoms with E-state index in [-0.39, 0.29) is 6.54 Å². The average Bonchev–Trinajstić information content (AvgIpc) is 2.83. The molecular weight excluding hydrogens is 250 g/mol. The van der Waals surface area contributed by atoms with Gasteiger partial charge in [-0.15, -0.1) is 0 Å². The standard InChI is InChI=1S/C13H17NO5/c1-17-9-3-4-12(18-2)10(7-9)11(15)8-14-5-6-19-13(14)16/h3-4,7,11,15H,5-6,8H2,1-2H3. The molecule has 1 unspecified atom stereocenters. The Morgan fingerprint density at radius 3 is 2.79 bits per heavy atom. The molecular formula is C13H17NO5. The van der Waals surface area contributed by atoms with Crippen LogP contribution in [0.4, 0.5) is 4.79 Å². The van der Waals surface area contributed by atoms with E-state index in [0.717, 1.165) is 0 Å². The van der Waals surface area contributed by atoms with Gasteiger partial charge in [0.05, 0.1) is 27.3 Å². The number of nitrogens with zero attached hydrogens (tertiary/aromatic N) is 1. The summed E-state index contributed by atoms with van der Waals surface area (Å²) in [7, 11) is 3.08. The fourth-order valence-corrected chi connectivity index (χ4v) is 2.00. The maximum atomic E-state index is 11.4. The first-order valence-electron chi connectivity index (χ1n) is 5.97. The molecule has 1 amide bonds. The molecule has 1 heterocycles. The van der Waals surface area contributed by atoms with Crippen molar-refractivity contribution in [2.45, 2.75) is 6.10 Å². The van der Waals surface area contributed by atoms with Gasteiger partial charge in [-0.3, -0.25) is 0 Å². The zero-order valence-corrected chi connectivity index (χ0v) is 11.0. The number of ether oxygens (including phenoxy) is 3. The molecule has 0 radical (unpaired) electrons. The highest BCUT2D eigenvalue weighted by Gasteiger charge is 2.26. The van der Waals surface area contributed by atoms with Crippen LogP contribution < -0.4 is 9.47 Å². The summed E-state index contributed by atoms with van der Waals surface area (Å²) in [5.74, 6) is 1.18. The molecule has 1 N–H and O–H groups in total. The Balaban J connectivity index is 2.16. The Morgan fingerprint density at radius 1 is 1.42 bits per heavy atom. The lowest BCUT2D eigenvalue weighted by molar-refractivity contribution is 0.116. The Labute approximate surface area is 111 Å². The van der Waals surface area contributed by atoms with Crippen molar-refractivity contribution in [2.24, 2.45) is 0 Å². The fourth-order valence-electron chi connectivity index (χ4n) is 2.00. The molecule has 6 nitrogen and oxygen atoms in total. The normalized spacial score (nSPS) is 16.2. The second kappa shape index (κ2) is 5.79. The van der Waals surface area contributed by atoms with Crippen molar-refractivity contribution < 1.29 is 24.1 Å². The van der Waals surface area contributed by atoms with Crippen LogP contribution in [0.1, 0.15) is 11.7 Å². The smallest absolute Gasteiger partial charge is 0.410 e. The molecule has 2 rings (SSSR count). The van der Waals surface area contributed by atoms with Crippen molar-refractivity contribution in [1.29, 1.82) is 0 Å². The maximum Gasteiger partial charge on any atom is 0.410 e. The number of β-amino-alcohol motifs (C(OH)–C–C–N with tert-alkyl or cyclic N) is 1. The van der Waals surface area contributed by atoms with Crippen molar-refractivity contribution >= 4 is 6.09 Å². The van der Waals surface area contributed by atoms with Crippen molar-refractivity contribution in [2.75, 3.05) is 33.9 Å². The Morgan fingerprint density at radius 2 is 2.21 bits per heavy atom. The number of amides is 1. The summed E-state index contributed by atoms with van der Waals surface area (Å²) in [5, 5.41) is 10.2. The SMILES string of the molecule is COc1ccc(OC)c(C(O)CN2CCOC2=O)c1. The van der Waals surface area contributed by atoms with Crippen LogP contribution in [-0.2, 0) is 4.74 Å². The van der Waals surface area contributed by atoms with E-state index in [0.29, 0.717) is 30.2 Å². The summed E-state index contributed by atoms with van der Waals surface area (Å²) in [6, 6.07) is 5.17. The number of hydrogen-bond acceptors (Lipinski definition) is 5. The van der Waals surface area contributed by atoms with Gasteiger partial charge in [-0.2, -0.15) is 0 Å². The average molecular weight is 267 g/mol. The predicted octanol–water partition coefficient (Wildman–Crippen LogP) is 1.19. The molecule has 0 saturated carbocycles. The number of benzene rings is 1. The number of cyclic esters (lactones) is 1. The van der Waals surface area contributed by atoms with Crippen LogP contribution in [0.2, 0.25) is 0 Å². The van der Waals surface area contributed by atoms with Crippen LogP contribution in [0, 0.1) is 0 Å². The molecule has 0 spiro atoms. The van der Waals surface area contributed by atoms with Gasteiger partial charge in [-0.25, -0.2) is 4.79 Å². The van der Waals surface area contributed by atoms with E-state index in [9.17, 15) is 9.90 Å². The molecule has 1 aromatic carbocycles. The molecule has 1 aliphatic heterocycles. The molecule has 1 saturated heterocycles. The van der Waals surface area contributed by atoms with Gasteiger partial charge in [0.15, 0.2) is 0 Å². The van der Waals surface area contributed by atoms with Gasteiger partial charge in [0.2, 0.25) is 0 Å². The fraction of sp³-hybridized carbons (Fsp3) is 0.462. The third kappa shape index (κ3) is 2.90. The van der Waals surface area contributed by atoms with Gasteiger partial charge in [0.25, 0.3) is 0 Å². The van der Waals surface area contributed by atoms with Gasteiger partial charge >= 0.3 is 6.09 Å². The van der Waals surface area contributed by atoms with Crippen LogP contribution in [0.25, 0.3) is 0 Å².